The number of rotatable bonds is 2. The van der Waals surface area contributed by atoms with Crippen LogP contribution in [0.15, 0.2) is 29.1 Å². The smallest absolute Gasteiger partial charge is 0.365 e. The quantitative estimate of drug-likeness (QED) is 0.922. The Hall–Kier alpha value is -2.02. The summed E-state index contributed by atoms with van der Waals surface area (Å²) in [6.07, 6.45) is -4.18. The number of anilines is 1. The Morgan fingerprint density at radius 3 is 2.52 bits per heavy atom. The first-order chi connectivity index (χ1) is 10.8. The molecule has 23 heavy (non-hydrogen) atoms. The molecule has 1 N–H and O–H groups in total. The molecule has 1 aromatic carbocycles. The molecule has 1 saturated heterocycles. The van der Waals surface area contributed by atoms with Crippen molar-refractivity contribution in [3.63, 3.8) is 0 Å². The van der Waals surface area contributed by atoms with Gasteiger partial charge in [0, 0.05) is 31.6 Å². The Labute approximate surface area is 131 Å². The van der Waals surface area contributed by atoms with Crippen molar-refractivity contribution in [1.29, 1.82) is 0 Å². The monoisotopic (exact) mass is 325 g/mol. The van der Waals surface area contributed by atoms with Crippen LogP contribution in [-0.4, -0.2) is 48.8 Å². The molecule has 0 aliphatic carbocycles. The van der Waals surface area contributed by atoms with Gasteiger partial charge in [0.2, 0.25) is 0 Å². The van der Waals surface area contributed by atoms with Gasteiger partial charge in [-0.3, -0.25) is 9.69 Å². The summed E-state index contributed by atoms with van der Waals surface area (Å²) in [5, 5.41) is 0.928. The first-order valence-electron chi connectivity index (χ1n) is 7.50. The molecule has 0 bridgehead atoms. The van der Waals surface area contributed by atoms with Gasteiger partial charge in [-0.05, 0) is 18.6 Å². The fourth-order valence-electron chi connectivity index (χ4n) is 3.01. The molecule has 0 saturated carbocycles. The van der Waals surface area contributed by atoms with E-state index in [1.807, 2.05) is 36.1 Å². The molecule has 0 radical (unpaired) electrons. The van der Waals surface area contributed by atoms with E-state index in [0.29, 0.717) is 31.9 Å². The summed E-state index contributed by atoms with van der Waals surface area (Å²) in [4.78, 5) is 18.4. The minimum absolute atomic E-state index is 0.198. The number of aromatic nitrogens is 1. The van der Waals surface area contributed by atoms with Crippen LogP contribution < -0.4 is 10.5 Å². The minimum Gasteiger partial charge on any atom is -0.365 e. The van der Waals surface area contributed by atoms with Gasteiger partial charge in [-0.2, -0.15) is 13.2 Å². The third-order valence-electron chi connectivity index (χ3n) is 4.18. The number of nitrogens with one attached hydrogen (secondary N) is 1. The maximum Gasteiger partial charge on any atom is 0.401 e. The van der Waals surface area contributed by atoms with E-state index in [-0.39, 0.29) is 5.56 Å². The molecule has 1 aliphatic rings. The predicted octanol–water partition coefficient (Wildman–Crippen LogP) is 2.52. The van der Waals surface area contributed by atoms with Crippen molar-refractivity contribution in [2.24, 2.45) is 0 Å². The fraction of sp³-hybridized carbons (Fsp3) is 0.438. The van der Waals surface area contributed by atoms with E-state index in [4.69, 9.17) is 0 Å². The van der Waals surface area contributed by atoms with E-state index in [1.165, 1.54) is 4.90 Å². The number of nitrogens with zero attached hydrogens (tertiary/aromatic N) is 2. The van der Waals surface area contributed by atoms with Crippen LogP contribution in [0.2, 0.25) is 0 Å². The van der Waals surface area contributed by atoms with Gasteiger partial charge in [0.05, 0.1) is 12.1 Å². The highest BCUT2D eigenvalue weighted by atomic mass is 19.4. The van der Waals surface area contributed by atoms with Crippen LogP contribution in [0, 0.1) is 6.92 Å². The summed E-state index contributed by atoms with van der Waals surface area (Å²) >= 11 is 0. The van der Waals surface area contributed by atoms with Crippen molar-refractivity contribution < 1.29 is 13.2 Å². The van der Waals surface area contributed by atoms with Crippen LogP contribution in [0.3, 0.4) is 0 Å². The van der Waals surface area contributed by atoms with Gasteiger partial charge in [0.25, 0.3) is 5.56 Å². The number of alkyl halides is 3. The molecule has 0 unspecified atom stereocenters. The second kappa shape index (κ2) is 5.88. The number of aromatic amines is 1. The lowest BCUT2D eigenvalue weighted by atomic mass is 10.1. The minimum atomic E-state index is -4.18. The molecule has 3 rings (SSSR count). The molecule has 1 aromatic heterocycles. The van der Waals surface area contributed by atoms with Gasteiger partial charge in [-0.1, -0.05) is 18.2 Å². The topological polar surface area (TPSA) is 39.3 Å². The van der Waals surface area contributed by atoms with Gasteiger partial charge < -0.3 is 9.88 Å². The first-order valence-corrected chi connectivity index (χ1v) is 7.50. The molecule has 0 atom stereocenters. The second-order valence-corrected chi connectivity index (χ2v) is 5.90. The Kier molecular flexibility index (Phi) is 4.06. The molecule has 4 nitrogen and oxygen atoms in total. The van der Waals surface area contributed by atoms with Crippen LogP contribution in [-0.2, 0) is 0 Å². The summed E-state index contributed by atoms with van der Waals surface area (Å²) in [6, 6.07) is 7.58. The van der Waals surface area contributed by atoms with Crippen LogP contribution >= 0.6 is 0 Å². The maximum atomic E-state index is 12.4. The van der Waals surface area contributed by atoms with Gasteiger partial charge >= 0.3 is 6.18 Å². The zero-order valence-corrected chi connectivity index (χ0v) is 12.8. The van der Waals surface area contributed by atoms with Crippen LogP contribution in [0.25, 0.3) is 10.9 Å². The van der Waals surface area contributed by atoms with Gasteiger partial charge in [0.15, 0.2) is 0 Å². The number of hydrogen-bond acceptors (Lipinski definition) is 3. The Morgan fingerprint density at radius 2 is 1.87 bits per heavy atom. The lowest BCUT2D eigenvalue weighted by Gasteiger charge is -2.35. The van der Waals surface area contributed by atoms with Crippen molar-refractivity contribution in [2.45, 2.75) is 13.1 Å². The Morgan fingerprint density at radius 1 is 1.17 bits per heavy atom. The average molecular weight is 325 g/mol. The number of halogens is 3. The summed E-state index contributed by atoms with van der Waals surface area (Å²) < 4.78 is 37.3. The molecule has 1 fully saturated rings. The van der Waals surface area contributed by atoms with E-state index >= 15 is 0 Å². The van der Waals surface area contributed by atoms with Gasteiger partial charge in [-0.15, -0.1) is 0 Å². The predicted molar refractivity (Wildman–Crippen MR) is 84.0 cm³/mol. The third-order valence-corrected chi connectivity index (χ3v) is 4.18. The largest absolute Gasteiger partial charge is 0.401 e. The van der Waals surface area contributed by atoms with Crippen LogP contribution in [0.4, 0.5) is 18.9 Å². The Balaban J connectivity index is 1.80. The van der Waals surface area contributed by atoms with E-state index in [1.54, 1.807) is 0 Å². The first kappa shape index (κ1) is 15.9. The fourth-order valence-corrected chi connectivity index (χ4v) is 3.01. The number of benzene rings is 1. The Bertz CT molecular complexity index is 761. The number of aryl methyl sites for hydroxylation is 1. The molecule has 1 aliphatic heterocycles. The number of para-hydroxylation sites is 1. The van der Waals surface area contributed by atoms with Crippen molar-refractivity contribution in [3.8, 4) is 0 Å². The molecule has 2 aromatic rings. The van der Waals surface area contributed by atoms with E-state index in [9.17, 15) is 18.0 Å². The molecule has 0 spiro atoms. The summed E-state index contributed by atoms with van der Waals surface area (Å²) in [5.74, 6) is 0. The molecular formula is C16H18F3N3O. The zero-order valence-electron chi connectivity index (χ0n) is 12.8. The van der Waals surface area contributed by atoms with E-state index in [2.05, 4.69) is 4.98 Å². The van der Waals surface area contributed by atoms with E-state index < -0.39 is 12.7 Å². The lowest BCUT2D eigenvalue weighted by molar-refractivity contribution is -0.146. The normalized spacial score (nSPS) is 17.0. The standard InChI is InChI=1S/C16H18F3N3O/c1-11-3-2-4-12-9-13(15(23)20-14(11)12)22-7-5-21(6-8-22)10-16(17,18)19/h2-4,9H,5-8,10H2,1H3,(H,20,23). The highest BCUT2D eigenvalue weighted by Crippen LogP contribution is 2.21. The van der Waals surface area contributed by atoms with Gasteiger partial charge in [0.1, 0.15) is 5.69 Å². The van der Waals surface area contributed by atoms with Crippen molar-refractivity contribution >= 4 is 16.6 Å². The van der Waals surface area contributed by atoms with Gasteiger partial charge in [-0.25, -0.2) is 0 Å². The number of hydrogen-bond donors (Lipinski definition) is 1. The van der Waals surface area contributed by atoms with E-state index in [0.717, 1.165) is 16.5 Å². The highest BCUT2D eigenvalue weighted by Gasteiger charge is 2.32. The summed E-state index contributed by atoms with van der Waals surface area (Å²) in [5.41, 5.74) is 2.11. The lowest BCUT2D eigenvalue weighted by Crippen LogP contribution is -2.50. The van der Waals surface area contributed by atoms with Crippen LogP contribution in [0.5, 0.6) is 0 Å². The third kappa shape index (κ3) is 3.50. The highest BCUT2D eigenvalue weighted by molar-refractivity contribution is 5.84. The number of fused-ring (bicyclic) bond motifs is 1. The molecule has 0 amide bonds. The number of pyridine rings is 1. The SMILES string of the molecule is Cc1cccc2cc(N3CCN(CC(F)(F)F)CC3)c(=O)[nH]c12. The summed E-state index contributed by atoms with van der Waals surface area (Å²) in [7, 11) is 0. The average Bonchev–Trinajstić information content (AvgIpc) is 2.47. The summed E-state index contributed by atoms with van der Waals surface area (Å²) in [6.45, 7) is 2.45. The van der Waals surface area contributed by atoms with Crippen molar-refractivity contribution in [1.82, 2.24) is 9.88 Å². The van der Waals surface area contributed by atoms with Crippen molar-refractivity contribution in [2.75, 3.05) is 37.6 Å². The molecule has 124 valence electrons. The number of H-pyrrole nitrogens is 1. The van der Waals surface area contributed by atoms with Crippen LogP contribution in [0.1, 0.15) is 5.56 Å². The molecule has 7 heteroatoms. The van der Waals surface area contributed by atoms with Crippen molar-refractivity contribution in [3.05, 3.63) is 40.2 Å². The number of piperazine rings is 1. The second-order valence-electron chi connectivity index (χ2n) is 5.90. The molecule has 2 heterocycles. The maximum absolute atomic E-state index is 12.4. The zero-order chi connectivity index (χ0) is 16.6. The molecular weight excluding hydrogens is 307 g/mol.